The second-order valence-corrected chi connectivity index (χ2v) is 11.7. The van der Waals surface area contributed by atoms with Crippen molar-refractivity contribution in [3.63, 3.8) is 0 Å². The first-order valence-corrected chi connectivity index (χ1v) is 14.9. The molecule has 1 N–H and O–H groups in total. The van der Waals surface area contributed by atoms with E-state index in [1.165, 1.54) is 16.2 Å². The van der Waals surface area contributed by atoms with E-state index in [0.717, 1.165) is 46.4 Å². The van der Waals surface area contributed by atoms with Gasteiger partial charge in [-0.15, -0.1) is 0 Å². The molecular formula is C33H32N2O5S. The van der Waals surface area contributed by atoms with Crippen LogP contribution in [0.3, 0.4) is 0 Å². The number of anilines is 1. The number of aliphatic hydroxyl groups excluding tert-OH is 1. The molecular weight excluding hydrogens is 536 g/mol. The number of amides is 1. The third-order valence-electron chi connectivity index (χ3n) is 7.54. The van der Waals surface area contributed by atoms with E-state index in [1.807, 2.05) is 62.4 Å². The van der Waals surface area contributed by atoms with Gasteiger partial charge in [-0.1, -0.05) is 49.3 Å². The Kier molecular flexibility index (Phi) is 7.26. The van der Waals surface area contributed by atoms with E-state index >= 15 is 0 Å². The lowest BCUT2D eigenvalue weighted by Gasteiger charge is -2.23. The van der Waals surface area contributed by atoms with Gasteiger partial charge in [0.25, 0.3) is 5.78 Å². The normalized spacial score (nSPS) is 19.5. The zero-order valence-corrected chi connectivity index (χ0v) is 24.2. The molecule has 2 atom stereocenters. The zero-order chi connectivity index (χ0) is 28.7. The minimum absolute atomic E-state index is 0.0282. The average molecular weight is 569 g/mol. The molecule has 3 heterocycles. The molecule has 0 spiro atoms. The summed E-state index contributed by atoms with van der Waals surface area (Å²) in [5.74, 6) is -0.275. The molecule has 210 valence electrons. The average Bonchev–Trinajstić information content (AvgIpc) is 3.62. The van der Waals surface area contributed by atoms with E-state index in [1.54, 1.807) is 12.1 Å². The Morgan fingerprint density at radius 2 is 1.98 bits per heavy atom. The smallest absolute Gasteiger partial charge is 0.301 e. The first-order valence-electron chi connectivity index (χ1n) is 14.0. The summed E-state index contributed by atoms with van der Waals surface area (Å²) in [6.07, 6.45) is 3.84. The number of hydrogen-bond donors (Lipinski definition) is 1. The molecule has 1 fully saturated rings. The molecule has 0 saturated carbocycles. The number of nitrogens with zero attached hydrogens (tertiary/aromatic N) is 2. The molecule has 8 heteroatoms. The molecule has 7 nitrogen and oxygen atoms in total. The Hall–Kier alpha value is -4.17. The van der Waals surface area contributed by atoms with Gasteiger partial charge in [0, 0.05) is 12.0 Å². The predicted octanol–water partition coefficient (Wildman–Crippen LogP) is 7.12. The van der Waals surface area contributed by atoms with E-state index in [2.05, 4.69) is 6.92 Å². The quantitative estimate of drug-likeness (QED) is 0.105. The third kappa shape index (κ3) is 5.08. The number of thiazole rings is 1. The number of hydrogen-bond acceptors (Lipinski definition) is 7. The van der Waals surface area contributed by atoms with Crippen molar-refractivity contribution < 1.29 is 24.2 Å². The highest BCUT2D eigenvalue weighted by Crippen LogP contribution is 2.45. The van der Waals surface area contributed by atoms with E-state index < -0.39 is 17.7 Å². The van der Waals surface area contributed by atoms with Crippen LogP contribution in [0.4, 0.5) is 5.13 Å². The summed E-state index contributed by atoms with van der Waals surface area (Å²) in [7, 11) is 0. The van der Waals surface area contributed by atoms with Gasteiger partial charge in [0.2, 0.25) is 0 Å². The number of ketones is 1. The maximum absolute atomic E-state index is 13.7. The van der Waals surface area contributed by atoms with Crippen LogP contribution >= 0.6 is 11.3 Å². The fourth-order valence-electron chi connectivity index (χ4n) is 5.51. The van der Waals surface area contributed by atoms with Crippen LogP contribution in [0.5, 0.6) is 11.5 Å². The first-order chi connectivity index (χ1) is 19.8. The Morgan fingerprint density at radius 3 is 2.80 bits per heavy atom. The summed E-state index contributed by atoms with van der Waals surface area (Å²) < 4.78 is 12.7. The van der Waals surface area contributed by atoms with Gasteiger partial charge in [0.15, 0.2) is 5.13 Å². The number of carbonyl (C=O) groups excluding carboxylic acids is 2. The van der Waals surface area contributed by atoms with Crippen LogP contribution in [-0.2, 0) is 16.0 Å². The number of benzene rings is 3. The molecule has 0 unspecified atom stereocenters. The predicted molar refractivity (Wildman–Crippen MR) is 161 cm³/mol. The van der Waals surface area contributed by atoms with Crippen LogP contribution < -0.4 is 14.4 Å². The van der Waals surface area contributed by atoms with Crippen molar-refractivity contribution in [2.45, 2.75) is 58.6 Å². The molecule has 0 aliphatic carbocycles. The van der Waals surface area contributed by atoms with E-state index in [0.29, 0.717) is 35.0 Å². The topological polar surface area (TPSA) is 89.0 Å². The lowest BCUT2D eigenvalue weighted by atomic mass is 9.94. The molecule has 2 aliphatic heterocycles. The number of aliphatic hydroxyl groups is 1. The van der Waals surface area contributed by atoms with E-state index in [-0.39, 0.29) is 17.4 Å². The third-order valence-corrected chi connectivity index (χ3v) is 8.56. The lowest BCUT2D eigenvalue weighted by molar-refractivity contribution is -0.132. The molecule has 4 aromatic rings. The van der Waals surface area contributed by atoms with Gasteiger partial charge in [0.05, 0.1) is 28.4 Å². The molecule has 1 aromatic heterocycles. The summed E-state index contributed by atoms with van der Waals surface area (Å²) >= 11 is 1.35. The summed E-state index contributed by atoms with van der Waals surface area (Å²) in [5.41, 5.74) is 3.94. The van der Waals surface area contributed by atoms with Crippen LogP contribution in [0.25, 0.3) is 16.0 Å². The molecule has 0 bridgehead atoms. The fraction of sp³-hybridized carbons (Fsp3) is 0.303. The van der Waals surface area contributed by atoms with Gasteiger partial charge in [0.1, 0.15) is 23.4 Å². The van der Waals surface area contributed by atoms with Crippen molar-refractivity contribution in [3.05, 3.63) is 88.5 Å². The van der Waals surface area contributed by atoms with Crippen LogP contribution in [0.15, 0.2) is 66.2 Å². The number of unbranched alkanes of at least 4 members (excludes halogenated alkanes) is 2. The monoisotopic (exact) mass is 568 g/mol. The van der Waals surface area contributed by atoms with Crippen LogP contribution in [0, 0.1) is 6.92 Å². The maximum atomic E-state index is 13.7. The van der Waals surface area contributed by atoms with Gasteiger partial charge in [-0.05, 0) is 79.4 Å². The standard InChI is InChI=1S/C33H32N2O5S/c1-4-5-6-14-39-24-9-7-8-21(18-24)29-28(30(36)22-11-13-26-23(17-22)16-20(3)40-26)31(37)32(38)35(29)33-34-25-12-10-19(2)15-27(25)41-33/h7-13,15,17-18,20,29,36H,4-6,14,16H2,1-3H3/b30-28+/t20-,29+/m1/s1. The fourth-order valence-corrected chi connectivity index (χ4v) is 6.60. The maximum Gasteiger partial charge on any atom is 0.301 e. The molecule has 41 heavy (non-hydrogen) atoms. The van der Waals surface area contributed by atoms with Gasteiger partial charge in [-0.25, -0.2) is 4.98 Å². The Labute approximate surface area is 243 Å². The van der Waals surface area contributed by atoms with Crippen LogP contribution in [0.2, 0.25) is 0 Å². The minimum Gasteiger partial charge on any atom is -0.507 e. The molecule has 3 aromatic carbocycles. The molecule has 6 rings (SSSR count). The van der Waals surface area contributed by atoms with Gasteiger partial charge in [-0.2, -0.15) is 0 Å². The van der Waals surface area contributed by atoms with Gasteiger partial charge < -0.3 is 14.6 Å². The van der Waals surface area contributed by atoms with Crippen LogP contribution in [-0.4, -0.2) is 34.5 Å². The number of carbonyl (C=O) groups is 2. The zero-order valence-electron chi connectivity index (χ0n) is 23.3. The number of ether oxygens (including phenoxy) is 2. The van der Waals surface area contributed by atoms with E-state index in [9.17, 15) is 14.7 Å². The number of rotatable bonds is 8. The second-order valence-electron chi connectivity index (χ2n) is 10.7. The SMILES string of the molecule is CCCCCOc1cccc([C@H]2/C(=C(\O)c3ccc4c(c3)C[C@@H](C)O4)C(=O)C(=O)N2c2nc3ccc(C)cc3s2)c1. The van der Waals surface area contributed by atoms with Crippen molar-refractivity contribution in [1.82, 2.24) is 4.98 Å². The lowest BCUT2D eigenvalue weighted by Crippen LogP contribution is -2.29. The molecule has 2 aliphatic rings. The summed E-state index contributed by atoms with van der Waals surface area (Å²) in [6.45, 7) is 6.70. The van der Waals surface area contributed by atoms with Gasteiger partial charge in [-0.3, -0.25) is 14.5 Å². The summed E-state index contributed by atoms with van der Waals surface area (Å²) in [5, 5.41) is 12.0. The molecule has 1 saturated heterocycles. The van der Waals surface area contributed by atoms with Crippen molar-refractivity contribution in [2.75, 3.05) is 11.5 Å². The number of aromatic nitrogens is 1. The number of Topliss-reactive ketones (excluding diaryl/α,β-unsaturated/α-hetero) is 1. The van der Waals surface area contributed by atoms with Crippen LogP contribution in [0.1, 0.15) is 61.4 Å². The summed E-state index contributed by atoms with van der Waals surface area (Å²) in [6, 6.07) is 17.8. The Bertz CT molecular complexity index is 1690. The summed E-state index contributed by atoms with van der Waals surface area (Å²) in [4.78, 5) is 33.5. The number of aryl methyl sites for hydroxylation is 1. The highest BCUT2D eigenvalue weighted by molar-refractivity contribution is 7.22. The molecule has 0 radical (unpaired) electrons. The van der Waals surface area contributed by atoms with Crippen molar-refractivity contribution in [3.8, 4) is 11.5 Å². The Morgan fingerprint density at radius 1 is 1.12 bits per heavy atom. The number of fused-ring (bicyclic) bond motifs is 2. The first kappa shape index (κ1) is 27.0. The second kappa shape index (κ2) is 11.0. The van der Waals surface area contributed by atoms with E-state index in [4.69, 9.17) is 14.5 Å². The highest BCUT2D eigenvalue weighted by atomic mass is 32.1. The Balaban J connectivity index is 1.47. The van der Waals surface area contributed by atoms with Crippen molar-refractivity contribution >= 4 is 44.1 Å². The highest BCUT2D eigenvalue weighted by Gasteiger charge is 2.48. The van der Waals surface area contributed by atoms with Crippen molar-refractivity contribution in [2.24, 2.45) is 0 Å². The van der Waals surface area contributed by atoms with Crippen molar-refractivity contribution in [1.29, 1.82) is 0 Å². The largest absolute Gasteiger partial charge is 0.507 e. The minimum atomic E-state index is -0.876. The molecule has 1 amide bonds. The van der Waals surface area contributed by atoms with Gasteiger partial charge >= 0.3 is 5.91 Å².